The lowest BCUT2D eigenvalue weighted by Gasteiger charge is -2.13. The van der Waals surface area contributed by atoms with Gasteiger partial charge in [0.05, 0.1) is 14.2 Å². The van der Waals surface area contributed by atoms with Crippen LogP contribution < -0.4 is 20.4 Å². The molecule has 0 N–H and O–H groups in total. The van der Waals surface area contributed by atoms with Gasteiger partial charge in [-0.15, -0.1) is 0 Å². The SMILES string of the molecule is COc1c(F)cc(F)c([B]c2c(F)c(F)c(OC)c(F)c2F)c1F. The number of halogens is 7. The summed E-state index contributed by atoms with van der Waals surface area (Å²) in [6.45, 7) is 0. The van der Waals surface area contributed by atoms with Crippen molar-refractivity contribution in [1.29, 1.82) is 0 Å². The number of hydrogen-bond acceptors (Lipinski definition) is 2. The highest BCUT2D eigenvalue weighted by atomic mass is 19.2. The van der Waals surface area contributed by atoms with Crippen molar-refractivity contribution in [3.63, 3.8) is 0 Å². The van der Waals surface area contributed by atoms with Crippen molar-refractivity contribution in [2.24, 2.45) is 0 Å². The molecule has 0 saturated carbocycles. The van der Waals surface area contributed by atoms with E-state index in [-0.39, 0.29) is 13.3 Å². The Bertz CT molecular complexity index is 782. The molecular formula is C14H7BF7O2. The molecule has 2 aromatic rings. The lowest BCUT2D eigenvalue weighted by atomic mass is 9.62. The highest BCUT2D eigenvalue weighted by molar-refractivity contribution is 6.67. The molecule has 10 heteroatoms. The molecule has 0 aromatic heterocycles. The lowest BCUT2D eigenvalue weighted by molar-refractivity contribution is 0.335. The van der Waals surface area contributed by atoms with Crippen LogP contribution in [0.1, 0.15) is 0 Å². The van der Waals surface area contributed by atoms with Gasteiger partial charge in [-0.1, -0.05) is 0 Å². The topological polar surface area (TPSA) is 18.5 Å². The Morgan fingerprint density at radius 1 is 0.625 bits per heavy atom. The van der Waals surface area contributed by atoms with Gasteiger partial charge >= 0.3 is 0 Å². The first-order valence-electron chi connectivity index (χ1n) is 6.20. The van der Waals surface area contributed by atoms with E-state index in [2.05, 4.69) is 9.47 Å². The zero-order valence-electron chi connectivity index (χ0n) is 12.1. The van der Waals surface area contributed by atoms with E-state index < -0.39 is 63.1 Å². The first kappa shape index (κ1) is 18.0. The van der Waals surface area contributed by atoms with E-state index in [1.54, 1.807) is 0 Å². The summed E-state index contributed by atoms with van der Waals surface area (Å²) in [7, 11) is 1.80. The number of ether oxygens (including phenoxy) is 2. The van der Waals surface area contributed by atoms with Gasteiger partial charge in [-0.3, -0.25) is 0 Å². The summed E-state index contributed by atoms with van der Waals surface area (Å²) in [5.74, 6) is -14.6. The second-order valence-electron chi connectivity index (χ2n) is 4.45. The number of hydrogen-bond donors (Lipinski definition) is 0. The maximum absolute atomic E-state index is 14.0. The third-order valence-corrected chi connectivity index (χ3v) is 3.12. The van der Waals surface area contributed by atoms with Crippen LogP contribution in [0.15, 0.2) is 6.07 Å². The van der Waals surface area contributed by atoms with Crippen LogP contribution in [0.25, 0.3) is 0 Å². The Morgan fingerprint density at radius 3 is 1.58 bits per heavy atom. The van der Waals surface area contributed by atoms with Crippen LogP contribution in [-0.4, -0.2) is 21.5 Å². The molecule has 0 amide bonds. The molecule has 127 valence electrons. The second-order valence-corrected chi connectivity index (χ2v) is 4.45. The van der Waals surface area contributed by atoms with Crippen molar-refractivity contribution in [3.8, 4) is 11.5 Å². The molecule has 0 saturated heterocycles. The predicted molar refractivity (Wildman–Crippen MR) is 70.7 cm³/mol. The van der Waals surface area contributed by atoms with Gasteiger partial charge in [-0.25, -0.2) is 22.0 Å². The van der Waals surface area contributed by atoms with Crippen LogP contribution in [0, 0.1) is 40.7 Å². The van der Waals surface area contributed by atoms with Gasteiger partial charge in [0.15, 0.2) is 34.8 Å². The van der Waals surface area contributed by atoms with Crippen molar-refractivity contribution in [2.75, 3.05) is 14.2 Å². The largest absolute Gasteiger partial charge is 0.491 e. The molecule has 0 fully saturated rings. The van der Waals surface area contributed by atoms with Crippen LogP contribution in [-0.2, 0) is 0 Å². The Labute approximate surface area is 132 Å². The Morgan fingerprint density at radius 2 is 1.12 bits per heavy atom. The zero-order chi connectivity index (χ0) is 18.2. The fourth-order valence-corrected chi connectivity index (χ4v) is 1.98. The number of rotatable bonds is 4. The van der Waals surface area contributed by atoms with Gasteiger partial charge in [0.25, 0.3) is 0 Å². The summed E-state index contributed by atoms with van der Waals surface area (Å²) in [4.78, 5) is 0. The van der Waals surface area contributed by atoms with Crippen molar-refractivity contribution in [3.05, 3.63) is 46.8 Å². The van der Waals surface area contributed by atoms with E-state index in [9.17, 15) is 30.7 Å². The second kappa shape index (κ2) is 6.62. The molecule has 0 spiro atoms. The lowest BCUT2D eigenvalue weighted by Crippen LogP contribution is -2.38. The van der Waals surface area contributed by atoms with Crippen molar-refractivity contribution < 1.29 is 40.2 Å². The van der Waals surface area contributed by atoms with E-state index in [0.717, 1.165) is 14.2 Å². The van der Waals surface area contributed by atoms with E-state index in [0.29, 0.717) is 0 Å². The summed E-state index contributed by atoms with van der Waals surface area (Å²) in [6, 6.07) is 0.194. The van der Waals surface area contributed by atoms with Crippen LogP contribution >= 0.6 is 0 Å². The van der Waals surface area contributed by atoms with Gasteiger partial charge in [-0.05, 0) is 10.9 Å². The minimum atomic E-state index is -1.94. The number of benzene rings is 2. The predicted octanol–water partition coefficient (Wildman–Crippen LogP) is 2.33. The highest BCUT2D eigenvalue weighted by Gasteiger charge is 2.29. The molecule has 0 unspecified atom stereocenters. The van der Waals surface area contributed by atoms with Gasteiger partial charge in [0.2, 0.25) is 18.9 Å². The number of methoxy groups -OCH3 is 2. The quantitative estimate of drug-likeness (QED) is 0.478. The summed E-state index contributed by atoms with van der Waals surface area (Å²) in [6.07, 6.45) is 0. The molecule has 0 aliphatic heterocycles. The van der Waals surface area contributed by atoms with Crippen molar-refractivity contribution in [1.82, 2.24) is 0 Å². The Kier molecular flexibility index (Phi) is 4.95. The highest BCUT2D eigenvalue weighted by Crippen LogP contribution is 2.25. The first-order chi connectivity index (χ1) is 11.2. The van der Waals surface area contributed by atoms with E-state index >= 15 is 0 Å². The summed E-state index contributed by atoms with van der Waals surface area (Å²) in [5, 5.41) is 0. The summed E-state index contributed by atoms with van der Waals surface area (Å²) >= 11 is 0. The minimum absolute atomic E-state index is 0.156. The summed E-state index contributed by atoms with van der Waals surface area (Å²) < 4.78 is 105. The Balaban J connectivity index is 2.66. The fraction of sp³-hybridized carbons (Fsp3) is 0.143. The normalized spacial score (nSPS) is 10.7. The molecular weight excluding hydrogens is 344 g/mol. The van der Waals surface area contributed by atoms with Crippen LogP contribution in [0.5, 0.6) is 11.5 Å². The van der Waals surface area contributed by atoms with E-state index in [1.165, 1.54) is 0 Å². The smallest absolute Gasteiger partial charge is 0.207 e. The molecule has 0 aliphatic carbocycles. The van der Waals surface area contributed by atoms with Crippen LogP contribution in [0.2, 0.25) is 0 Å². The van der Waals surface area contributed by atoms with Crippen LogP contribution in [0.3, 0.4) is 0 Å². The maximum Gasteiger partial charge on any atom is 0.207 e. The van der Waals surface area contributed by atoms with Gasteiger partial charge < -0.3 is 9.47 Å². The van der Waals surface area contributed by atoms with Crippen LogP contribution in [0.4, 0.5) is 30.7 Å². The third kappa shape index (κ3) is 2.76. The molecule has 0 bridgehead atoms. The van der Waals surface area contributed by atoms with Crippen molar-refractivity contribution >= 4 is 18.2 Å². The van der Waals surface area contributed by atoms with Gasteiger partial charge in [0, 0.05) is 6.07 Å². The maximum atomic E-state index is 14.0. The zero-order valence-corrected chi connectivity index (χ0v) is 12.1. The molecule has 1 radical (unpaired) electrons. The monoisotopic (exact) mass is 351 g/mol. The molecule has 2 aromatic carbocycles. The Hall–Kier alpha value is -2.39. The average molecular weight is 351 g/mol. The van der Waals surface area contributed by atoms with Gasteiger partial charge in [-0.2, -0.15) is 8.78 Å². The van der Waals surface area contributed by atoms with E-state index in [1.807, 2.05) is 0 Å². The van der Waals surface area contributed by atoms with Gasteiger partial charge in [0.1, 0.15) is 5.82 Å². The fourth-order valence-electron chi connectivity index (χ4n) is 1.98. The molecule has 2 nitrogen and oxygen atoms in total. The third-order valence-electron chi connectivity index (χ3n) is 3.12. The average Bonchev–Trinajstić information content (AvgIpc) is 2.53. The van der Waals surface area contributed by atoms with Crippen molar-refractivity contribution in [2.45, 2.75) is 0 Å². The molecule has 24 heavy (non-hydrogen) atoms. The molecule has 0 aliphatic rings. The summed E-state index contributed by atoms with van der Waals surface area (Å²) in [5.41, 5.74) is -2.55. The first-order valence-corrected chi connectivity index (χ1v) is 6.20. The standard InChI is InChI=1S/C14H7BF7O2/c1-23-13-5(17)3-4(16)6(10(13)20)15-7-8(18)11(21)14(24-2)12(22)9(7)19/h3H,1-2H3. The minimum Gasteiger partial charge on any atom is -0.491 e. The molecule has 0 atom stereocenters. The molecule has 0 heterocycles. The molecule has 2 rings (SSSR count). The van der Waals surface area contributed by atoms with E-state index in [4.69, 9.17) is 0 Å².